The summed E-state index contributed by atoms with van der Waals surface area (Å²) in [7, 11) is 0. The van der Waals surface area contributed by atoms with Crippen LogP contribution < -0.4 is 5.32 Å². The van der Waals surface area contributed by atoms with Crippen molar-refractivity contribution in [3.8, 4) is 0 Å². The van der Waals surface area contributed by atoms with Crippen molar-refractivity contribution in [2.45, 2.75) is 6.18 Å². The van der Waals surface area contributed by atoms with Gasteiger partial charge in [0.05, 0.1) is 17.5 Å². The van der Waals surface area contributed by atoms with Crippen molar-refractivity contribution in [3.63, 3.8) is 0 Å². The molecule has 11 heteroatoms. The fraction of sp³-hybridized carbons (Fsp3) is 0.385. The molecule has 0 unspecified atom stereocenters. The topological polar surface area (TPSA) is 69.6 Å². The zero-order valence-corrected chi connectivity index (χ0v) is 11.7. The molecule has 0 spiro atoms. The molecular weight excluding hydrogens is 346 g/mol. The van der Waals surface area contributed by atoms with E-state index >= 15 is 0 Å². The summed E-state index contributed by atoms with van der Waals surface area (Å²) in [6.07, 6.45) is -4.84. The Morgan fingerprint density at radius 2 is 1.67 bits per heavy atom. The minimum absolute atomic E-state index is 0.160. The van der Waals surface area contributed by atoms with Crippen LogP contribution in [0.5, 0.6) is 0 Å². The molecule has 1 fully saturated rings. The monoisotopic (exact) mass is 356 g/mol. The Kier molecular flexibility index (Phi) is 4.63. The van der Waals surface area contributed by atoms with Crippen LogP contribution in [-0.2, 0) is 4.79 Å². The highest BCUT2D eigenvalue weighted by molar-refractivity contribution is 5.90. The molecule has 5 nitrogen and oxygen atoms in total. The van der Waals surface area contributed by atoms with Crippen LogP contribution in [0.4, 0.5) is 36.8 Å². The third-order valence-electron chi connectivity index (χ3n) is 3.60. The summed E-state index contributed by atoms with van der Waals surface area (Å²) in [6.45, 7) is -1.70. The summed E-state index contributed by atoms with van der Waals surface area (Å²) in [5, 5.41) is 10.6. The van der Waals surface area contributed by atoms with Crippen LogP contribution in [0.15, 0.2) is 12.1 Å². The van der Waals surface area contributed by atoms with Gasteiger partial charge in [0.2, 0.25) is 0 Å². The van der Waals surface area contributed by atoms with Crippen LogP contribution in [0.25, 0.3) is 0 Å². The Bertz CT molecular complexity index is 678. The van der Waals surface area contributed by atoms with Crippen LogP contribution in [0, 0.1) is 29.3 Å². The molecule has 1 saturated heterocycles. The van der Waals surface area contributed by atoms with E-state index < -0.39 is 66.2 Å². The molecule has 2 atom stereocenters. The first-order chi connectivity index (χ1) is 11.0. The first kappa shape index (κ1) is 17.9. The summed E-state index contributed by atoms with van der Waals surface area (Å²) >= 11 is 0. The largest absolute Gasteiger partial charge is 0.481 e. The maximum atomic E-state index is 13.4. The third kappa shape index (κ3) is 3.54. The van der Waals surface area contributed by atoms with Crippen LogP contribution >= 0.6 is 0 Å². The van der Waals surface area contributed by atoms with Gasteiger partial charge < -0.3 is 15.3 Å². The molecule has 1 aliphatic heterocycles. The van der Waals surface area contributed by atoms with E-state index in [-0.39, 0.29) is 6.07 Å². The zero-order valence-electron chi connectivity index (χ0n) is 11.7. The van der Waals surface area contributed by atoms with E-state index in [0.717, 1.165) is 0 Å². The van der Waals surface area contributed by atoms with Gasteiger partial charge in [0, 0.05) is 25.2 Å². The quantitative estimate of drug-likeness (QED) is 0.632. The number of urea groups is 1. The number of alkyl halides is 3. The van der Waals surface area contributed by atoms with Crippen LogP contribution in [0.1, 0.15) is 0 Å². The van der Waals surface area contributed by atoms with Gasteiger partial charge in [-0.1, -0.05) is 0 Å². The van der Waals surface area contributed by atoms with Gasteiger partial charge in [-0.25, -0.2) is 18.0 Å². The molecule has 24 heavy (non-hydrogen) atoms. The van der Waals surface area contributed by atoms with Gasteiger partial charge in [0.1, 0.15) is 5.82 Å². The van der Waals surface area contributed by atoms with Crippen LogP contribution in [-0.4, -0.2) is 41.3 Å². The fourth-order valence-electron chi connectivity index (χ4n) is 2.36. The van der Waals surface area contributed by atoms with Crippen LogP contribution in [0.3, 0.4) is 0 Å². The molecule has 0 radical (unpaired) electrons. The lowest BCUT2D eigenvalue weighted by molar-refractivity contribution is -0.187. The highest BCUT2D eigenvalue weighted by Gasteiger charge is 2.53. The molecule has 2 rings (SSSR count). The Morgan fingerprint density at radius 1 is 1.08 bits per heavy atom. The van der Waals surface area contributed by atoms with Gasteiger partial charge in [-0.05, 0) is 0 Å². The van der Waals surface area contributed by atoms with Crippen molar-refractivity contribution in [2.75, 3.05) is 18.4 Å². The molecular formula is C13H10F6N2O3. The van der Waals surface area contributed by atoms with Gasteiger partial charge in [-0.15, -0.1) is 0 Å². The lowest BCUT2D eigenvalue weighted by atomic mass is 9.96. The van der Waals surface area contributed by atoms with Crippen LogP contribution in [0.2, 0.25) is 0 Å². The van der Waals surface area contributed by atoms with E-state index in [1.165, 1.54) is 0 Å². The summed E-state index contributed by atoms with van der Waals surface area (Å²) in [4.78, 5) is 23.3. The minimum Gasteiger partial charge on any atom is -0.481 e. The summed E-state index contributed by atoms with van der Waals surface area (Å²) in [5.74, 6) is -10.2. The molecule has 1 aromatic rings. The molecule has 1 heterocycles. The predicted molar refractivity (Wildman–Crippen MR) is 67.6 cm³/mol. The zero-order chi connectivity index (χ0) is 18.2. The van der Waals surface area contributed by atoms with Crippen molar-refractivity contribution in [3.05, 3.63) is 29.6 Å². The average molecular weight is 356 g/mol. The molecule has 0 saturated carbocycles. The Labute approximate surface area is 130 Å². The van der Waals surface area contributed by atoms with Gasteiger partial charge in [0.15, 0.2) is 11.6 Å². The number of hydrogen-bond acceptors (Lipinski definition) is 2. The number of carbonyl (C=O) groups excluding carboxylic acids is 1. The second-order valence-corrected chi connectivity index (χ2v) is 5.17. The number of likely N-dealkylation sites (tertiary alicyclic amines) is 1. The SMILES string of the molecule is O=C(O)[C@@H]1CN(C(=O)Nc2cc(F)c(F)cc2F)C[C@H]1C(F)(F)F. The molecule has 0 bridgehead atoms. The maximum Gasteiger partial charge on any atom is 0.394 e. The van der Waals surface area contributed by atoms with Gasteiger partial charge in [-0.3, -0.25) is 4.79 Å². The van der Waals surface area contributed by atoms with Crippen molar-refractivity contribution in [1.29, 1.82) is 0 Å². The lowest BCUT2D eigenvalue weighted by Gasteiger charge is -2.19. The summed E-state index contributed by atoms with van der Waals surface area (Å²) < 4.78 is 77.7. The number of carbonyl (C=O) groups is 2. The Morgan fingerprint density at radius 3 is 2.17 bits per heavy atom. The van der Waals surface area contributed by atoms with Crippen molar-refractivity contribution in [2.24, 2.45) is 11.8 Å². The molecule has 0 aliphatic carbocycles. The number of benzene rings is 1. The fourth-order valence-corrected chi connectivity index (χ4v) is 2.36. The maximum absolute atomic E-state index is 13.4. The number of rotatable bonds is 2. The first-order valence-electron chi connectivity index (χ1n) is 6.50. The Balaban J connectivity index is 2.16. The smallest absolute Gasteiger partial charge is 0.394 e. The normalized spacial score (nSPS) is 21.0. The van der Waals surface area contributed by atoms with Crippen molar-refractivity contribution >= 4 is 17.7 Å². The van der Waals surface area contributed by atoms with Crippen molar-refractivity contribution in [1.82, 2.24) is 4.90 Å². The highest BCUT2D eigenvalue weighted by atomic mass is 19.4. The highest BCUT2D eigenvalue weighted by Crippen LogP contribution is 2.38. The number of aliphatic carboxylic acids is 1. The van der Waals surface area contributed by atoms with E-state index in [1.807, 2.05) is 0 Å². The molecule has 1 aromatic carbocycles. The Hall–Kier alpha value is -2.46. The molecule has 2 N–H and O–H groups in total. The van der Waals surface area contributed by atoms with Gasteiger partial charge in [-0.2, -0.15) is 13.2 Å². The van der Waals surface area contributed by atoms with Gasteiger partial charge in [0.25, 0.3) is 0 Å². The van der Waals surface area contributed by atoms with E-state index in [9.17, 15) is 35.9 Å². The number of halogens is 6. The molecule has 132 valence electrons. The van der Waals surface area contributed by atoms with Gasteiger partial charge >= 0.3 is 18.2 Å². The van der Waals surface area contributed by atoms with E-state index in [4.69, 9.17) is 5.11 Å². The summed E-state index contributed by atoms with van der Waals surface area (Å²) in [6, 6.07) is -0.764. The molecule has 2 amide bonds. The van der Waals surface area contributed by atoms with E-state index in [2.05, 4.69) is 0 Å². The standard InChI is InChI=1S/C13H10F6N2O3/c14-7-1-9(16)10(2-8(7)15)20-12(24)21-3-5(11(22)23)6(4-21)13(17,18)19/h1-2,5-6H,3-4H2,(H,20,24)(H,22,23)/t5-,6-/m1/s1. The molecule has 0 aromatic heterocycles. The number of anilines is 1. The number of amides is 2. The number of nitrogens with one attached hydrogen (secondary N) is 1. The second-order valence-electron chi connectivity index (χ2n) is 5.17. The molecule has 1 aliphatic rings. The first-order valence-corrected chi connectivity index (χ1v) is 6.50. The van der Waals surface area contributed by atoms with E-state index in [0.29, 0.717) is 11.0 Å². The second kappa shape index (κ2) is 6.21. The van der Waals surface area contributed by atoms with Crippen molar-refractivity contribution < 1.29 is 41.0 Å². The number of carboxylic acid groups (broad SMARTS) is 1. The number of nitrogens with zero attached hydrogens (tertiary/aromatic N) is 1. The average Bonchev–Trinajstić information content (AvgIpc) is 2.90. The third-order valence-corrected chi connectivity index (χ3v) is 3.60. The minimum atomic E-state index is -4.84. The summed E-state index contributed by atoms with van der Waals surface area (Å²) in [5.41, 5.74) is -0.777. The predicted octanol–water partition coefficient (Wildman–Crippen LogP) is 2.83. The number of hydrogen-bond donors (Lipinski definition) is 2. The lowest BCUT2D eigenvalue weighted by Crippen LogP contribution is -2.35. The van der Waals surface area contributed by atoms with E-state index in [1.54, 1.807) is 5.32 Å². The number of carboxylic acids is 1.